The van der Waals surface area contributed by atoms with E-state index >= 15 is 0 Å². The number of likely N-dealkylation sites (tertiary alicyclic amines) is 1. The third-order valence-electron chi connectivity index (χ3n) is 9.51. The van der Waals surface area contributed by atoms with Gasteiger partial charge in [-0.05, 0) is 67.6 Å². The highest BCUT2D eigenvalue weighted by Crippen LogP contribution is 2.42. The molecule has 0 aromatic carbocycles. The second-order valence-corrected chi connectivity index (χ2v) is 14.3. The van der Waals surface area contributed by atoms with Gasteiger partial charge in [-0.15, -0.1) is 11.8 Å². The topological polar surface area (TPSA) is 15.3 Å². The number of allylic oxidation sites excluding steroid dienone is 3. The third kappa shape index (κ3) is 14.8. The Labute approximate surface area is 260 Å². The molecule has 0 spiro atoms. The number of thioether (sulfide) groups is 1. The van der Waals surface area contributed by atoms with Crippen LogP contribution in [0.1, 0.15) is 167 Å². The van der Waals surface area contributed by atoms with Crippen LogP contribution in [-0.4, -0.2) is 29.8 Å². The number of nitrogens with one attached hydrogen (secondary N) is 1. The highest BCUT2D eigenvalue weighted by molar-refractivity contribution is 8.03. The molecule has 3 heteroatoms. The fourth-order valence-corrected chi connectivity index (χ4v) is 7.94. The molecule has 2 heterocycles. The van der Waals surface area contributed by atoms with Crippen LogP contribution in [0.5, 0.6) is 0 Å². The van der Waals surface area contributed by atoms with Gasteiger partial charge in [0, 0.05) is 36.3 Å². The summed E-state index contributed by atoms with van der Waals surface area (Å²) in [5.74, 6) is 0. The maximum atomic E-state index is 4.32. The summed E-state index contributed by atoms with van der Waals surface area (Å²) >= 11 is 2.03. The van der Waals surface area contributed by atoms with Crippen molar-refractivity contribution in [1.82, 2.24) is 10.2 Å². The highest BCUT2D eigenvalue weighted by Gasteiger charge is 2.27. The van der Waals surface area contributed by atoms with Gasteiger partial charge in [-0.25, -0.2) is 0 Å². The lowest BCUT2D eigenvalue weighted by atomic mass is 9.93. The monoisotopic (exact) mass is 582 g/mol. The molecule has 3 aliphatic rings. The second kappa shape index (κ2) is 22.4. The molecule has 3 rings (SSSR count). The quantitative estimate of drug-likeness (QED) is 0.108. The molecule has 234 valence electrons. The summed E-state index contributed by atoms with van der Waals surface area (Å²) in [6, 6.07) is 0. The van der Waals surface area contributed by atoms with Crippen LogP contribution in [0.4, 0.5) is 0 Å². The molecule has 1 saturated heterocycles. The number of nitrogens with zero attached hydrogens (tertiary/aromatic N) is 1. The van der Waals surface area contributed by atoms with E-state index < -0.39 is 0 Å². The minimum Gasteiger partial charge on any atom is -0.388 e. The highest BCUT2D eigenvalue weighted by atomic mass is 32.2. The molecule has 1 aliphatic carbocycles. The summed E-state index contributed by atoms with van der Waals surface area (Å²) in [4.78, 5) is 2.62. The first-order valence-electron chi connectivity index (χ1n) is 18.2. The van der Waals surface area contributed by atoms with Gasteiger partial charge in [0.05, 0.1) is 0 Å². The van der Waals surface area contributed by atoms with E-state index in [1.165, 1.54) is 172 Å². The molecule has 0 amide bonds. The van der Waals surface area contributed by atoms with Crippen molar-refractivity contribution in [2.75, 3.05) is 19.6 Å². The van der Waals surface area contributed by atoms with Crippen LogP contribution in [0, 0.1) is 0 Å². The molecule has 1 N–H and O–H groups in total. The Balaban J connectivity index is 1.08. The molecule has 1 unspecified atom stereocenters. The first-order valence-corrected chi connectivity index (χ1v) is 19.2. The number of piperidine rings is 1. The molecule has 1 atom stereocenters. The number of fused-ring (bicyclic) bond motifs is 1. The Kier molecular flexibility index (Phi) is 18.8. The van der Waals surface area contributed by atoms with Gasteiger partial charge in [-0.3, -0.25) is 0 Å². The lowest BCUT2D eigenvalue weighted by molar-refractivity contribution is 0.291. The van der Waals surface area contributed by atoms with Crippen molar-refractivity contribution in [3.63, 3.8) is 0 Å². The molecule has 1 fully saturated rings. The maximum absolute atomic E-state index is 4.32. The van der Waals surface area contributed by atoms with Gasteiger partial charge in [0.2, 0.25) is 0 Å². The van der Waals surface area contributed by atoms with Crippen LogP contribution in [0.2, 0.25) is 0 Å². The Morgan fingerprint density at radius 3 is 1.88 bits per heavy atom. The molecule has 0 radical (unpaired) electrons. The van der Waals surface area contributed by atoms with E-state index in [0.717, 1.165) is 19.4 Å². The zero-order valence-corrected chi connectivity index (χ0v) is 28.0. The van der Waals surface area contributed by atoms with Crippen molar-refractivity contribution < 1.29 is 0 Å². The summed E-state index contributed by atoms with van der Waals surface area (Å²) in [6.45, 7) is 10.1. The van der Waals surface area contributed by atoms with Gasteiger partial charge in [-0.1, -0.05) is 135 Å². The predicted molar refractivity (Wildman–Crippen MR) is 185 cm³/mol. The van der Waals surface area contributed by atoms with Gasteiger partial charge in [0.25, 0.3) is 0 Å². The fourth-order valence-electron chi connectivity index (χ4n) is 6.78. The van der Waals surface area contributed by atoms with Crippen molar-refractivity contribution in [2.24, 2.45) is 0 Å². The van der Waals surface area contributed by atoms with Crippen LogP contribution in [0.3, 0.4) is 0 Å². The Bertz CT molecular complexity index is 788. The number of unbranched alkanes of at least 4 members (excludes halogenated alkanes) is 18. The van der Waals surface area contributed by atoms with Crippen molar-refractivity contribution in [3.8, 4) is 0 Å². The molecule has 2 aliphatic heterocycles. The number of hydrogen-bond donors (Lipinski definition) is 1. The fraction of sp³-hybridized carbons (Fsp3) is 0.789. The van der Waals surface area contributed by atoms with E-state index in [-0.39, 0.29) is 0 Å². The van der Waals surface area contributed by atoms with Crippen LogP contribution >= 0.6 is 11.8 Å². The summed E-state index contributed by atoms with van der Waals surface area (Å²) < 4.78 is 0. The Morgan fingerprint density at radius 1 is 0.780 bits per heavy atom. The van der Waals surface area contributed by atoms with E-state index in [1.54, 1.807) is 11.1 Å². The Morgan fingerprint density at radius 2 is 1.32 bits per heavy atom. The minimum absolute atomic E-state index is 0.659. The van der Waals surface area contributed by atoms with E-state index in [2.05, 4.69) is 41.3 Å². The molecular formula is C38H66N2S. The van der Waals surface area contributed by atoms with Crippen molar-refractivity contribution in [1.29, 1.82) is 0 Å². The normalized spacial score (nSPS) is 18.6. The van der Waals surface area contributed by atoms with E-state index in [1.807, 2.05) is 11.8 Å². The lowest BCUT2D eigenvalue weighted by Gasteiger charge is -2.32. The largest absolute Gasteiger partial charge is 0.388 e. The summed E-state index contributed by atoms with van der Waals surface area (Å²) in [7, 11) is 0. The smallest absolute Gasteiger partial charge is 0.0377 e. The van der Waals surface area contributed by atoms with Crippen molar-refractivity contribution in [3.05, 3.63) is 46.7 Å². The van der Waals surface area contributed by atoms with E-state index in [0.29, 0.717) is 5.25 Å². The van der Waals surface area contributed by atoms with Gasteiger partial charge in [0.15, 0.2) is 0 Å². The zero-order chi connectivity index (χ0) is 28.8. The van der Waals surface area contributed by atoms with Crippen molar-refractivity contribution in [2.45, 2.75) is 173 Å². The molecule has 2 nitrogen and oxygen atoms in total. The zero-order valence-electron chi connectivity index (χ0n) is 27.2. The first-order chi connectivity index (χ1) is 20.3. The van der Waals surface area contributed by atoms with Gasteiger partial charge >= 0.3 is 0 Å². The van der Waals surface area contributed by atoms with Gasteiger partial charge < -0.3 is 10.2 Å². The van der Waals surface area contributed by atoms with Gasteiger partial charge in [0.1, 0.15) is 0 Å². The third-order valence-corrected chi connectivity index (χ3v) is 10.7. The van der Waals surface area contributed by atoms with E-state index in [9.17, 15) is 0 Å². The summed E-state index contributed by atoms with van der Waals surface area (Å²) in [5, 5.41) is 6.74. The van der Waals surface area contributed by atoms with Crippen LogP contribution in [-0.2, 0) is 0 Å². The Hall–Kier alpha value is -1.09. The van der Waals surface area contributed by atoms with Crippen LogP contribution in [0.25, 0.3) is 0 Å². The molecule has 0 aromatic heterocycles. The maximum Gasteiger partial charge on any atom is 0.0377 e. The predicted octanol–water partition coefficient (Wildman–Crippen LogP) is 12.0. The molecular weight excluding hydrogens is 516 g/mol. The second-order valence-electron chi connectivity index (χ2n) is 13.2. The van der Waals surface area contributed by atoms with Crippen LogP contribution < -0.4 is 5.32 Å². The minimum atomic E-state index is 0.659. The lowest BCUT2D eigenvalue weighted by Crippen LogP contribution is -2.30. The first kappa shape index (κ1) is 34.4. The average molecular weight is 583 g/mol. The SMILES string of the molecule is C=C(CCCCCCCCCCCCCCCCCCCCC)NCCC1=CSC2CC=C(N3CCCCC3)C=C12. The van der Waals surface area contributed by atoms with Crippen molar-refractivity contribution >= 4 is 11.8 Å². The molecule has 0 saturated carbocycles. The van der Waals surface area contributed by atoms with Gasteiger partial charge in [-0.2, -0.15) is 0 Å². The van der Waals surface area contributed by atoms with E-state index in [4.69, 9.17) is 0 Å². The standard InChI is InChI=1S/C38H66N2S/c1-3-4-5-6-7-8-9-10-11-12-13-14-15-16-17-18-19-20-22-25-34(2)39-29-28-35-33-41-38-27-26-36(32-37(35)38)40-30-23-21-24-31-40/h26,32-33,38-39H,2-25,27-31H2,1H3. The molecule has 0 bridgehead atoms. The molecule has 0 aromatic rings. The van der Waals surface area contributed by atoms with Crippen LogP contribution in [0.15, 0.2) is 46.7 Å². The number of rotatable bonds is 25. The number of hydrogen-bond acceptors (Lipinski definition) is 3. The summed E-state index contributed by atoms with van der Waals surface area (Å²) in [6.07, 6.45) is 39.9. The molecule has 41 heavy (non-hydrogen) atoms. The average Bonchev–Trinajstić information content (AvgIpc) is 3.41. The summed E-state index contributed by atoms with van der Waals surface area (Å²) in [5.41, 5.74) is 5.90.